The molecule has 1 aromatic carbocycles. The summed E-state index contributed by atoms with van der Waals surface area (Å²) in [7, 11) is -3.42. The number of fused-ring (bicyclic) bond motifs is 1. The van der Waals surface area contributed by atoms with Crippen LogP contribution in [-0.2, 0) is 27.4 Å². The monoisotopic (exact) mass is 613 g/mol. The predicted octanol–water partition coefficient (Wildman–Crippen LogP) is 4.31. The zero-order chi connectivity index (χ0) is 30.9. The van der Waals surface area contributed by atoms with Crippen LogP contribution in [0.3, 0.4) is 0 Å². The third-order valence-corrected chi connectivity index (χ3v) is 8.61. The summed E-state index contributed by atoms with van der Waals surface area (Å²) in [6.07, 6.45) is 4.85. The van der Waals surface area contributed by atoms with E-state index < -0.39 is 38.5 Å². The van der Waals surface area contributed by atoms with E-state index in [4.69, 9.17) is 4.42 Å². The predicted molar refractivity (Wildman–Crippen MR) is 153 cm³/mol. The molecule has 0 spiro atoms. The molecule has 228 valence electrons. The molecule has 0 aliphatic heterocycles. The number of halogens is 2. The number of aromatic amines is 1. The van der Waals surface area contributed by atoms with Gasteiger partial charge in [-0.1, -0.05) is 19.9 Å². The molecule has 1 amide bonds. The summed E-state index contributed by atoms with van der Waals surface area (Å²) in [5, 5.41) is 16.9. The smallest absolute Gasteiger partial charge is 0.275 e. The topological polar surface area (TPSA) is 148 Å². The lowest BCUT2D eigenvalue weighted by Gasteiger charge is -2.41. The van der Waals surface area contributed by atoms with Crippen molar-refractivity contribution >= 4 is 15.7 Å². The summed E-state index contributed by atoms with van der Waals surface area (Å²) in [6.45, 7) is 6.29. The zero-order valence-electron chi connectivity index (χ0n) is 24.4. The van der Waals surface area contributed by atoms with E-state index in [1.165, 1.54) is 18.2 Å². The van der Waals surface area contributed by atoms with Gasteiger partial charge in [0.15, 0.2) is 15.5 Å². The Morgan fingerprint density at radius 1 is 1.19 bits per heavy atom. The molecular weight excluding hydrogens is 580 g/mol. The second-order valence-corrected chi connectivity index (χ2v) is 13.5. The van der Waals surface area contributed by atoms with Crippen LogP contribution in [0.1, 0.15) is 78.3 Å². The highest BCUT2D eigenvalue weighted by molar-refractivity contribution is 7.89. The number of carbonyl (C=O) groups is 1. The SMILES string of the molecule is CC[C@@H]1CC[C@@](C)(CN(CCc2nnc(C)[nH]2)C(=O)c2coc(CS(C)(=O)=O)n2)c2nnc(-c3c(F)cccc3F)cc21. The van der Waals surface area contributed by atoms with Gasteiger partial charge >= 0.3 is 0 Å². The molecule has 4 aromatic rings. The van der Waals surface area contributed by atoms with Gasteiger partial charge in [0.1, 0.15) is 35.3 Å². The van der Waals surface area contributed by atoms with Crippen molar-refractivity contribution in [1.82, 2.24) is 35.3 Å². The van der Waals surface area contributed by atoms with Gasteiger partial charge in [-0.05, 0) is 55.9 Å². The highest BCUT2D eigenvalue weighted by Gasteiger charge is 2.41. The molecule has 0 saturated carbocycles. The van der Waals surface area contributed by atoms with Crippen molar-refractivity contribution in [3.63, 3.8) is 0 Å². The van der Waals surface area contributed by atoms with Crippen LogP contribution in [0.5, 0.6) is 0 Å². The summed E-state index contributed by atoms with van der Waals surface area (Å²) in [5.41, 5.74) is 0.722. The first-order valence-electron chi connectivity index (χ1n) is 14.0. The average Bonchev–Trinajstić information content (AvgIpc) is 3.58. The lowest BCUT2D eigenvalue weighted by molar-refractivity contribution is 0.0698. The van der Waals surface area contributed by atoms with Gasteiger partial charge in [0, 0.05) is 31.2 Å². The zero-order valence-corrected chi connectivity index (χ0v) is 25.2. The minimum atomic E-state index is -3.42. The summed E-state index contributed by atoms with van der Waals surface area (Å²) in [4.78, 5) is 22.6. The molecule has 0 radical (unpaired) electrons. The Bertz CT molecular complexity index is 1740. The van der Waals surface area contributed by atoms with Gasteiger partial charge in [-0.15, -0.1) is 10.2 Å². The minimum Gasteiger partial charge on any atom is -0.447 e. The van der Waals surface area contributed by atoms with E-state index in [0.717, 1.165) is 30.9 Å². The number of rotatable bonds is 10. The number of carbonyl (C=O) groups excluding carboxylic acids is 1. The van der Waals surface area contributed by atoms with Crippen molar-refractivity contribution in [3.05, 3.63) is 76.7 Å². The molecule has 11 nitrogen and oxygen atoms in total. The first kappa shape index (κ1) is 30.4. The molecule has 1 aliphatic rings. The average molecular weight is 614 g/mol. The maximum atomic E-state index is 14.6. The molecule has 1 aliphatic carbocycles. The Morgan fingerprint density at radius 2 is 1.93 bits per heavy atom. The number of H-pyrrole nitrogens is 1. The van der Waals surface area contributed by atoms with Crippen LogP contribution in [-0.4, -0.2) is 68.9 Å². The Hall–Kier alpha value is -4.07. The standard InChI is InChI=1S/C29H33F2N7O4S/c1-5-18-9-11-29(3,27-19(18)13-22(35-37-27)26-20(30)7-6-8-21(26)31)16-38(12-10-24-32-17(2)34-36-24)28(39)23-14-42-25(33-23)15-43(4,40)41/h6-8,13-14,18H,5,9-12,15-16H2,1-4H3,(H,32,34,36)/t18-,29+/m1/s1. The van der Waals surface area contributed by atoms with Crippen molar-refractivity contribution in [2.24, 2.45) is 0 Å². The maximum Gasteiger partial charge on any atom is 0.275 e. The van der Waals surface area contributed by atoms with Crippen LogP contribution in [0, 0.1) is 18.6 Å². The first-order valence-corrected chi connectivity index (χ1v) is 16.0. The molecule has 43 heavy (non-hydrogen) atoms. The summed E-state index contributed by atoms with van der Waals surface area (Å²) in [5.74, 6) is -1.04. The summed E-state index contributed by atoms with van der Waals surface area (Å²) >= 11 is 0. The van der Waals surface area contributed by atoms with Crippen LogP contribution in [0.25, 0.3) is 11.3 Å². The van der Waals surface area contributed by atoms with Gasteiger partial charge in [0.05, 0.1) is 17.0 Å². The molecule has 0 bridgehead atoms. The Kier molecular flexibility index (Phi) is 8.41. The number of nitrogens with one attached hydrogen (secondary N) is 1. The highest BCUT2D eigenvalue weighted by Crippen LogP contribution is 2.44. The third kappa shape index (κ3) is 6.63. The number of oxazole rings is 1. The minimum absolute atomic E-state index is 0.0186. The van der Waals surface area contributed by atoms with Gasteiger partial charge in [-0.3, -0.25) is 4.79 Å². The van der Waals surface area contributed by atoms with Gasteiger partial charge in [-0.25, -0.2) is 22.2 Å². The Balaban J connectivity index is 1.50. The van der Waals surface area contributed by atoms with Crippen LogP contribution in [0.15, 0.2) is 34.9 Å². The molecule has 3 heterocycles. The molecule has 0 saturated heterocycles. The first-order chi connectivity index (χ1) is 20.4. The number of aryl methyl sites for hydroxylation is 1. The molecule has 5 rings (SSSR count). The molecule has 0 fully saturated rings. The number of nitrogens with zero attached hydrogens (tertiary/aromatic N) is 6. The van der Waals surface area contributed by atoms with Crippen molar-refractivity contribution < 1.29 is 26.4 Å². The van der Waals surface area contributed by atoms with E-state index in [1.54, 1.807) is 17.9 Å². The van der Waals surface area contributed by atoms with Gasteiger partial charge in [-0.2, -0.15) is 10.2 Å². The van der Waals surface area contributed by atoms with Crippen molar-refractivity contribution in [2.75, 3.05) is 19.3 Å². The molecule has 2 atom stereocenters. The Morgan fingerprint density at radius 3 is 2.58 bits per heavy atom. The van der Waals surface area contributed by atoms with E-state index in [-0.39, 0.29) is 41.8 Å². The number of hydrogen-bond donors (Lipinski definition) is 1. The van der Waals surface area contributed by atoms with E-state index in [9.17, 15) is 22.0 Å². The number of benzene rings is 1. The third-order valence-electron chi connectivity index (χ3n) is 7.84. The molecule has 3 aromatic heterocycles. The molecule has 0 unspecified atom stereocenters. The van der Waals surface area contributed by atoms with Crippen LogP contribution < -0.4 is 0 Å². The summed E-state index contributed by atoms with van der Waals surface area (Å²) in [6, 6.07) is 5.39. The normalized spacial score (nSPS) is 18.4. The van der Waals surface area contributed by atoms with Crippen molar-refractivity contribution in [2.45, 2.75) is 63.5 Å². The van der Waals surface area contributed by atoms with Gasteiger partial charge < -0.3 is 14.3 Å². The van der Waals surface area contributed by atoms with Crippen molar-refractivity contribution in [3.8, 4) is 11.3 Å². The summed E-state index contributed by atoms with van der Waals surface area (Å²) < 4.78 is 58.0. The number of aromatic nitrogens is 6. The van der Waals surface area contributed by atoms with E-state index in [1.807, 2.05) is 6.92 Å². The van der Waals surface area contributed by atoms with E-state index >= 15 is 0 Å². The van der Waals surface area contributed by atoms with Crippen LogP contribution >= 0.6 is 0 Å². The lowest BCUT2D eigenvalue weighted by Crippen LogP contribution is -2.46. The van der Waals surface area contributed by atoms with Gasteiger partial charge in [0.25, 0.3) is 5.91 Å². The van der Waals surface area contributed by atoms with E-state index in [2.05, 4.69) is 37.3 Å². The fourth-order valence-corrected chi connectivity index (χ4v) is 6.26. The molecular formula is C29H33F2N7O4S. The molecule has 1 N–H and O–H groups in total. The maximum absolute atomic E-state index is 14.6. The van der Waals surface area contributed by atoms with Crippen molar-refractivity contribution in [1.29, 1.82) is 0 Å². The second-order valence-electron chi connectivity index (χ2n) is 11.4. The number of hydrogen-bond acceptors (Lipinski definition) is 9. The molecule has 14 heteroatoms. The lowest BCUT2D eigenvalue weighted by atomic mass is 9.69. The quantitative estimate of drug-likeness (QED) is 0.276. The van der Waals surface area contributed by atoms with Gasteiger partial charge in [0.2, 0.25) is 5.89 Å². The number of sulfone groups is 1. The second kappa shape index (κ2) is 11.9. The highest BCUT2D eigenvalue weighted by atomic mass is 32.2. The Labute approximate surface area is 248 Å². The van der Waals surface area contributed by atoms with Crippen LogP contribution in [0.2, 0.25) is 0 Å². The van der Waals surface area contributed by atoms with Crippen LogP contribution in [0.4, 0.5) is 8.78 Å². The largest absolute Gasteiger partial charge is 0.447 e. The fourth-order valence-electron chi connectivity index (χ4n) is 5.68. The fraction of sp³-hybridized carbons (Fsp3) is 0.448. The number of amides is 1. The van der Waals surface area contributed by atoms with E-state index in [0.29, 0.717) is 30.2 Å².